The van der Waals surface area contributed by atoms with Crippen LogP contribution in [0.2, 0.25) is 5.15 Å². The Hall–Kier alpha value is -1.20. The Morgan fingerprint density at radius 1 is 1.12 bits per heavy atom. The maximum absolute atomic E-state index is 6.14. The van der Waals surface area contributed by atoms with E-state index in [2.05, 4.69) is 19.9 Å². The molecule has 0 aliphatic carbocycles. The number of thioether (sulfide) groups is 1. The third kappa shape index (κ3) is 2.00. The van der Waals surface area contributed by atoms with Crippen LogP contribution in [0.1, 0.15) is 16.8 Å². The van der Waals surface area contributed by atoms with Gasteiger partial charge in [-0.3, -0.25) is 0 Å². The topological polar surface area (TPSA) is 51.6 Å². The zero-order valence-electron chi connectivity index (χ0n) is 9.14. The number of halogens is 1. The molecule has 0 fully saturated rings. The number of nitrogens with zero attached hydrogens (tertiary/aromatic N) is 4. The van der Waals surface area contributed by atoms with E-state index in [9.17, 15) is 0 Å². The Balaban J connectivity index is 2.10. The van der Waals surface area contributed by atoms with Crippen LogP contribution in [-0.4, -0.2) is 19.9 Å². The summed E-state index contributed by atoms with van der Waals surface area (Å²) >= 11 is 7.93. The van der Waals surface area contributed by atoms with Gasteiger partial charge in [-0.25, -0.2) is 19.9 Å². The van der Waals surface area contributed by atoms with Crippen LogP contribution in [0.5, 0.6) is 0 Å². The van der Waals surface area contributed by atoms with E-state index in [4.69, 9.17) is 11.6 Å². The molecule has 3 heterocycles. The van der Waals surface area contributed by atoms with Crippen molar-refractivity contribution in [2.24, 2.45) is 0 Å². The van der Waals surface area contributed by atoms with Crippen molar-refractivity contribution in [3.8, 4) is 11.6 Å². The normalized spacial score (nSPS) is 13.8. The molecule has 86 valence electrons. The Morgan fingerprint density at radius 3 is 2.65 bits per heavy atom. The molecule has 3 rings (SSSR count). The minimum atomic E-state index is 0.510. The minimum absolute atomic E-state index is 0.510. The average molecular weight is 265 g/mol. The molecule has 1 aliphatic heterocycles. The summed E-state index contributed by atoms with van der Waals surface area (Å²) in [4.78, 5) is 17.2. The van der Waals surface area contributed by atoms with Crippen molar-refractivity contribution in [3.63, 3.8) is 0 Å². The molecule has 0 unspecified atom stereocenters. The highest BCUT2D eigenvalue weighted by Gasteiger charge is 2.19. The van der Waals surface area contributed by atoms with Crippen LogP contribution in [0.4, 0.5) is 0 Å². The molecule has 0 atom stereocenters. The lowest BCUT2D eigenvalue weighted by atomic mass is 10.3. The van der Waals surface area contributed by atoms with E-state index >= 15 is 0 Å². The Kier molecular flexibility index (Phi) is 2.72. The van der Waals surface area contributed by atoms with Crippen molar-refractivity contribution in [2.45, 2.75) is 18.4 Å². The zero-order chi connectivity index (χ0) is 11.8. The van der Waals surface area contributed by atoms with Gasteiger partial charge in [0.25, 0.3) is 0 Å². The van der Waals surface area contributed by atoms with Crippen LogP contribution < -0.4 is 0 Å². The summed E-state index contributed by atoms with van der Waals surface area (Å²) in [6.45, 7) is 1.94. The number of aromatic nitrogens is 4. The first-order valence-corrected chi connectivity index (χ1v) is 6.69. The first kappa shape index (κ1) is 10.9. The molecule has 2 aromatic rings. The summed E-state index contributed by atoms with van der Waals surface area (Å²) in [5.74, 6) is 2.81. The first-order valence-electron chi connectivity index (χ1n) is 5.16. The molecular weight excluding hydrogens is 256 g/mol. The van der Waals surface area contributed by atoms with Crippen LogP contribution >= 0.6 is 23.4 Å². The highest BCUT2D eigenvalue weighted by atomic mass is 35.5. The molecule has 17 heavy (non-hydrogen) atoms. The number of aryl methyl sites for hydroxylation is 1. The Morgan fingerprint density at radius 2 is 1.88 bits per heavy atom. The summed E-state index contributed by atoms with van der Waals surface area (Å²) in [5, 5.41) is 0.527. The van der Waals surface area contributed by atoms with Gasteiger partial charge in [0.15, 0.2) is 11.6 Å². The third-order valence-corrected chi connectivity index (χ3v) is 3.79. The second-order valence-corrected chi connectivity index (χ2v) is 5.18. The van der Waals surface area contributed by atoms with Crippen LogP contribution in [-0.2, 0) is 11.5 Å². The van der Waals surface area contributed by atoms with Gasteiger partial charge < -0.3 is 0 Å². The van der Waals surface area contributed by atoms with Crippen molar-refractivity contribution in [1.29, 1.82) is 0 Å². The summed E-state index contributed by atoms with van der Waals surface area (Å²) in [7, 11) is 0. The van der Waals surface area contributed by atoms with Gasteiger partial charge in [0.1, 0.15) is 5.15 Å². The van der Waals surface area contributed by atoms with Crippen molar-refractivity contribution < 1.29 is 0 Å². The minimum Gasteiger partial charge on any atom is -0.234 e. The van der Waals surface area contributed by atoms with Gasteiger partial charge in [0.2, 0.25) is 0 Å². The van der Waals surface area contributed by atoms with Gasteiger partial charge in [0, 0.05) is 29.5 Å². The van der Waals surface area contributed by atoms with Gasteiger partial charge in [-0.15, -0.1) is 0 Å². The monoisotopic (exact) mass is 264 g/mol. The van der Waals surface area contributed by atoms with E-state index in [0.29, 0.717) is 16.8 Å². The fourth-order valence-corrected chi connectivity index (χ4v) is 3.00. The van der Waals surface area contributed by atoms with E-state index in [-0.39, 0.29) is 0 Å². The molecule has 0 radical (unpaired) electrons. The standard InChI is InChI=1S/C11H9ClN4S/c1-6-2-13-10(14-3-6)11-15-8-5-17-4-7(8)9(12)16-11/h2-3H,4-5H2,1H3. The van der Waals surface area contributed by atoms with Crippen molar-refractivity contribution >= 4 is 23.4 Å². The highest BCUT2D eigenvalue weighted by molar-refractivity contribution is 7.98. The number of rotatable bonds is 1. The van der Waals surface area contributed by atoms with Gasteiger partial charge in [-0.1, -0.05) is 11.6 Å². The maximum atomic E-state index is 6.14. The second-order valence-electron chi connectivity index (χ2n) is 3.84. The van der Waals surface area contributed by atoms with Crippen LogP contribution in [0, 0.1) is 6.92 Å². The van der Waals surface area contributed by atoms with E-state index in [1.54, 1.807) is 24.2 Å². The molecule has 1 aliphatic rings. The second kappa shape index (κ2) is 4.23. The summed E-state index contributed by atoms with van der Waals surface area (Å²) in [6.07, 6.45) is 3.50. The fraction of sp³-hybridized carbons (Fsp3) is 0.273. The summed E-state index contributed by atoms with van der Waals surface area (Å²) < 4.78 is 0. The summed E-state index contributed by atoms with van der Waals surface area (Å²) in [5.41, 5.74) is 3.07. The van der Waals surface area contributed by atoms with Crippen molar-refractivity contribution in [3.05, 3.63) is 34.4 Å². The molecule has 0 spiro atoms. The predicted molar refractivity (Wildman–Crippen MR) is 67.8 cm³/mol. The molecule has 2 aromatic heterocycles. The molecule has 0 saturated carbocycles. The Labute approximate surface area is 108 Å². The molecule has 0 saturated heterocycles. The molecule has 0 aromatic carbocycles. The summed E-state index contributed by atoms with van der Waals surface area (Å²) in [6, 6.07) is 0. The van der Waals surface area contributed by atoms with E-state index in [1.807, 2.05) is 6.92 Å². The Bertz CT molecular complexity index is 570. The number of hydrogen-bond donors (Lipinski definition) is 0. The largest absolute Gasteiger partial charge is 0.234 e. The maximum Gasteiger partial charge on any atom is 0.199 e. The first-order chi connectivity index (χ1) is 8.24. The molecule has 0 N–H and O–H groups in total. The highest BCUT2D eigenvalue weighted by Crippen LogP contribution is 2.33. The smallest absolute Gasteiger partial charge is 0.199 e. The van der Waals surface area contributed by atoms with Crippen LogP contribution in [0.25, 0.3) is 11.6 Å². The van der Waals surface area contributed by atoms with Gasteiger partial charge >= 0.3 is 0 Å². The molecule has 6 heteroatoms. The predicted octanol–water partition coefficient (Wildman–Crippen LogP) is 2.64. The van der Waals surface area contributed by atoms with E-state index in [0.717, 1.165) is 28.3 Å². The van der Waals surface area contributed by atoms with Crippen molar-refractivity contribution in [1.82, 2.24) is 19.9 Å². The lowest BCUT2D eigenvalue weighted by molar-refractivity contribution is 1.02. The van der Waals surface area contributed by atoms with Crippen LogP contribution in [0.3, 0.4) is 0 Å². The molecule has 0 bridgehead atoms. The van der Waals surface area contributed by atoms with Crippen molar-refractivity contribution in [2.75, 3.05) is 0 Å². The molecule has 4 nitrogen and oxygen atoms in total. The lowest BCUT2D eigenvalue weighted by Gasteiger charge is -2.03. The van der Waals surface area contributed by atoms with Gasteiger partial charge in [-0.05, 0) is 12.5 Å². The zero-order valence-corrected chi connectivity index (χ0v) is 10.7. The fourth-order valence-electron chi connectivity index (χ4n) is 1.62. The third-order valence-electron chi connectivity index (χ3n) is 2.51. The van der Waals surface area contributed by atoms with Crippen LogP contribution in [0.15, 0.2) is 12.4 Å². The quantitative estimate of drug-likeness (QED) is 0.741. The van der Waals surface area contributed by atoms with Gasteiger partial charge in [0.05, 0.1) is 5.69 Å². The average Bonchev–Trinajstić information content (AvgIpc) is 2.78. The lowest BCUT2D eigenvalue weighted by Crippen LogP contribution is -2.00. The SMILES string of the molecule is Cc1cnc(-c2nc(Cl)c3c(n2)CSC3)nc1. The molecule has 0 amide bonds. The number of fused-ring (bicyclic) bond motifs is 1. The molecular formula is C11H9ClN4S. The number of hydrogen-bond acceptors (Lipinski definition) is 5. The van der Waals surface area contributed by atoms with Gasteiger partial charge in [-0.2, -0.15) is 11.8 Å². The van der Waals surface area contributed by atoms with E-state index < -0.39 is 0 Å². The van der Waals surface area contributed by atoms with E-state index in [1.165, 1.54) is 0 Å².